The number of fused-ring (bicyclic) bond motifs is 3. The van der Waals surface area contributed by atoms with Crippen LogP contribution in [0.3, 0.4) is 0 Å². The molecule has 6 heteroatoms. The van der Waals surface area contributed by atoms with Gasteiger partial charge >= 0.3 is 0 Å². The molecule has 4 aliphatic carbocycles. The summed E-state index contributed by atoms with van der Waals surface area (Å²) in [5.74, 6) is 2.13. The van der Waals surface area contributed by atoms with Gasteiger partial charge < -0.3 is 14.4 Å². The molecule has 0 unspecified atom stereocenters. The Hall–Kier alpha value is -3.77. The molecule has 0 amide bonds. The second kappa shape index (κ2) is 10.2. The number of hydrogen-bond acceptors (Lipinski definition) is 6. The quantitative estimate of drug-likeness (QED) is 0.317. The summed E-state index contributed by atoms with van der Waals surface area (Å²) in [5.41, 5.74) is 0.929. The molecule has 0 N–H and O–H groups in total. The highest BCUT2D eigenvalue weighted by atomic mass is 16.5. The molecule has 6 nitrogen and oxygen atoms in total. The van der Waals surface area contributed by atoms with Gasteiger partial charge in [-0.15, -0.1) is 0 Å². The molecule has 3 atom stereocenters. The Morgan fingerprint density at radius 2 is 1.69 bits per heavy atom. The molecule has 0 aromatic heterocycles. The summed E-state index contributed by atoms with van der Waals surface area (Å²) in [6.45, 7) is 2.70. The van der Waals surface area contributed by atoms with Crippen LogP contribution in [0.5, 0.6) is 11.5 Å². The Morgan fingerprint density at radius 1 is 1.00 bits per heavy atom. The fourth-order valence-electron chi connectivity index (χ4n) is 9.75. The van der Waals surface area contributed by atoms with Gasteiger partial charge in [0.1, 0.15) is 17.9 Å². The standard InChI is InChI=1S/C36H39N3O3/c1-3-4-13-42-29-10-9-27(17-30(29)41-2)32-31(34(40)35-18-23-14-24(19-35)16-25(15-23)20-35)33-28-8-6-5-7-26(28)11-12-39(33)36(32,21-37)22-38/h5-12,17,23-25,31-33H,3-4,13-16,18-20H2,1-2H3/t23?,24?,25?,31-,32-,33+,35?/m1/s1. The molecule has 2 aromatic carbocycles. The van der Waals surface area contributed by atoms with Gasteiger partial charge in [-0.1, -0.05) is 43.7 Å². The van der Waals surface area contributed by atoms with Crippen molar-refractivity contribution in [2.45, 2.75) is 75.8 Å². The van der Waals surface area contributed by atoms with Gasteiger partial charge in [-0.2, -0.15) is 10.5 Å². The lowest BCUT2D eigenvalue weighted by Gasteiger charge is -2.57. The van der Waals surface area contributed by atoms with Crippen LogP contribution < -0.4 is 9.47 Å². The number of rotatable bonds is 8. The summed E-state index contributed by atoms with van der Waals surface area (Å²) in [7, 11) is 1.61. The normalized spacial score (nSPS) is 32.9. The van der Waals surface area contributed by atoms with Crippen molar-refractivity contribution >= 4 is 11.9 Å². The molecule has 2 heterocycles. The van der Waals surface area contributed by atoms with E-state index in [0.29, 0.717) is 35.9 Å². The highest BCUT2D eigenvalue weighted by Crippen LogP contribution is 2.65. The van der Waals surface area contributed by atoms with Crippen molar-refractivity contribution in [1.29, 1.82) is 10.5 Å². The van der Waals surface area contributed by atoms with Crippen LogP contribution in [0.1, 0.15) is 86.9 Å². The van der Waals surface area contributed by atoms with Crippen molar-refractivity contribution in [2.24, 2.45) is 29.1 Å². The van der Waals surface area contributed by atoms with Gasteiger partial charge in [0.05, 0.1) is 25.7 Å². The van der Waals surface area contributed by atoms with Gasteiger partial charge in [0.2, 0.25) is 5.54 Å². The van der Waals surface area contributed by atoms with Crippen LogP contribution in [0.2, 0.25) is 0 Å². The van der Waals surface area contributed by atoms with E-state index in [4.69, 9.17) is 9.47 Å². The number of unbranched alkanes of at least 4 members (excludes halogenated alkanes) is 1. The van der Waals surface area contributed by atoms with Crippen molar-refractivity contribution < 1.29 is 14.3 Å². The second-order valence-corrected chi connectivity index (χ2v) is 13.5. The molecular formula is C36H39N3O3. The van der Waals surface area contributed by atoms with E-state index in [2.05, 4.69) is 31.2 Å². The number of nitriles is 2. The average Bonchev–Trinajstić information content (AvgIpc) is 3.31. The van der Waals surface area contributed by atoms with Gasteiger partial charge in [0, 0.05) is 17.5 Å². The van der Waals surface area contributed by atoms with Gasteiger partial charge in [0.15, 0.2) is 11.5 Å². The average molecular weight is 562 g/mol. The van der Waals surface area contributed by atoms with Crippen LogP contribution in [0.4, 0.5) is 0 Å². The molecule has 4 bridgehead atoms. The van der Waals surface area contributed by atoms with Crippen molar-refractivity contribution in [1.82, 2.24) is 4.90 Å². The molecule has 6 aliphatic rings. The molecule has 0 radical (unpaired) electrons. The van der Waals surface area contributed by atoms with E-state index in [1.807, 2.05) is 47.5 Å². The molecule has 8 rings (SSSR count). The largest absolute Gasteiger partial charge is 0.493 e. The highest BCUT2D eigenvalue weighted by Gasteiger charge is 2.67. The van der Waals surface area contributed by atoms with Gasteiger partial charge in [-0.05, 0) is 97.6 Å². The number of nitrogens with zero attached hydrogens (tertiary/aromatic N) is 3. The lowest BCUT2D eigenvalue weighted by atomic mass is 9.47. The van der Waals surface area contributed by atoms with E-state index in [1.54, 1.807) is 7.11 Å². The number of ketones is 1. The summed E-state index contributed by atoms with van der Waals surface area (Å²) < 4.78 is 11.8. The van der Waals surface area contributed by atoms with Crippen molar-refractivity contribution in [3.63, 3.8) is 0 Å². The zero-order chi connectivity index (χ0) is 29.1. The van der Waals surface area contributed by atoms with Crippen LogP contribution in [0.15, 0.2) is 48.7 Å². The van der Waals surface area contributed by atoms with Crippen molar-refractivity contribution in [3.05, 3.63) is 65.4 Å². The maximum Gasteiger partial charge on any atom is 0.222 e. The first-order valence-electron chi connectivity index (χ1n) is 15.7. The summed E-state index contributed by atoms with van der Waals surface area (Å²) in [4.78, 5) is 17.2. The monoisotopic (exact) mass is 561 g/mol. The highest BCUT2D eigenvalue weighted by molar-refractivity contribution is 5.91. The maximum absolute atomic E-state index is 15.3. The number of methoxy groups -OCH3 is 1. The lowest BCUT2D eigenvalue weighted by Crippen LogP contribution is -2.52. The molecule has 2 aromatic rings. The number of hydrogen-bond donors (Lipinski definition) is 0. The van der Waals surface area contributed by atoms with Crippen LogP contribution in [0.25, 0.3) is 6.08 Å². The fraction of sp³-hybridized carbons (Fsp3) is 0.528. The predicted molar refractivity (Wildman–Crippen MR) is 159 cm³/mol. The molecule has 42 heavy (non-hydrogen) atoms. The summed E-state index contributed by atoms with van der Waals surface area (Å²) in [6, 6.07) is 18.4. The van der Waals surface area contributed by atoms with E-state index in [-0.39, 0.29) is 17.2 Å². The molecule has 1 saturated heterocycles. The zero-order valence-corrected chi connectivity index (χ0v) is 24.6. The van der Waals surface area contributed by atoms with Crippen LogP contribution >= 0.6 is 0 Å². The van der Waals surface area contributed by atoms with Gasteiger partial charge in [-0.3, -0.25) is 4.79 Å². The van der Waals surface area contributed by atoms with Gasteiger partial charge in [0.25, 0.3) is 0 Å². The fourth-order valence-corrected chi connectivity index (χ4v) is 9.75. The minimum absolute atomic E-state index is 0.265. The van der Waals surface area contributed by atoms with E-state index < -0.39 is 17.4 Å². The SMILES string of the molecule is CCCCOc1ccc([C@@H]2[C@@H](C(=O)C34CC5CC(CC(C5)C3)C4)[C@@H]3c4ccccc4C=CN3C2(C#N)C#N)cc1OC. The lowest BCUT2D eigenvalue weighted by molar-refractivity contribution is -0.149. The molecule has 2 aliphatic heterocycles. The summed E-state index contributed by atoms with van der Waals surface area (Å²) in [6.07, 6.45) is 12.4. The van der Waals surface area contributed by atoms with Crippen LogP contribution in [0, 0.1) is 51.7 Å². The Labute approximate surface area is 248 Å². The number of Topliss-reactive ketones (excluding diaryl/α,β-unsaturated/α-hetero) is 1. The van der Waals surface area contributed by atoms with Crippen LogP contribution in [-0.2, 0) is 4.79 Å². The number of carbonyl (C=O) groups excluding carboxylic acids is 1. The summed E-state index contributed by atoms with van der Waals surface area (Å²) in [5, 5.41) is 21.8. The Bertz CT molecular complexity index is 1460. The first kappa shape index (κ1) is 27.1. The first-order valence-corrected chi connectivity index (χ1v) is 15.7. The topological polar surface area (TPSA) is 86.4 Å². The van der Waals surface area contributed by atoms with Crippen molar-refractivity contribution in [2.75, 3.05) is 13.7 Å². The van der Waals surface area contributed by atoms with E-state index in [9.17, 15) is 10.5 Å². The van der Waals surface area contributed by atoms with E-state index in [0.717, 1.165) is 48.8 Å². The molecule has 5 fully saturated rings. The Morgan fingerprint density at radius 3 is 2.33 bits per heavy atom. The first-order chi connectivity index (χ1) is 20.5. The summed E-state index contributed by atoms with van der Waals surface area (Å²) >= 11 is 0. The Kier molecular flexibility index (Phi) is 6.58. The van der Waals surface area contributed by atoms with Crippen LogP contribution in [-0.4, -0.2) is 29.9 Å². The third kappa shape index (κ3) is 3.91. The molecule has 0 spiro atoms. The van der Waals surface area contributed by atoms with Crippen molar-refractivity contribution in [3.8, 4) is 23.6 Å². The van der Waals surface area contributed by atoms with E-state index in [1.165, 1.54) is 19.3 Å². The zero-order valence-electron chi connectivity index (χ0n) is 24.6. The number of carbonyl (C=O) groups is 1. The third-order valence-electron chi connectivity index (χ3n) is 11.1. The number of ether oxygens (including phenoxy) is 2. The minimum atomic E-state index is -1.55. The second-order valence-electron chi connectivity index (χ2n) is 13.5. The van der Waals surface area contributed by atoms with Gasteiger partial charge in [-0.25, -0.2) is 0 Å². The van der Waals surface area contributed by atoms with E-state index >= 15 is 4.79 Å². The maximum atomic E-state index is 15.3. The minimum Gasteiger partial charge on any atom is -0.493 e. The molecular weight excluding hydrogens is 522 g/mol. The number of benzene rings is 2. The third-order valence-corrected chi connectivity index (χ3v) is 11.1. The molecule has 4 saturated carbocycles. The predicted octanol–water partition coefficient (Wildman–Crippen LogP) is 7.19. The smallest absolute Gasteiger partial charge is 0.222 e. The Balaban J connectivity index is 1.39. The molecule has 216 valence electrons.